The van der Waals surface area contributed by atoms with Gasteiger partial charge in [0.1, 0.15) is 17.9 Å². The first-order chi connectivity index (χ1) is 15.0. The number of rotatable bonds is 4. The van der Waals surface area contributed by atoms with Gasteiger partial charge < -0.3 is 15.2 Å². The molecule has 1 aromatic carbocycles. The van der Waals surface area contributed by atoms with Gasteiger partial charge in [-0.1, -0.05) is 41.4 Å². The number of nitrogens with zero attached hydrogens (tertiary/aromatic N) is 5. The van der Waals surface area contributed by atoms with E-state index in [2.05, 4.69) is 41.1 Å². The number of anilines is 1. The minimum absolute atomic E-state index is 0.0369. The first-order valence-corrected chi connectivity index (χ1v) is 10.5. The van der Waals surface area contributed by atoms with Crippen LogP contribution in [0.25, 0.3) is 11.2 Å². The summed E-state index contributed by atoms with van der Waals surface area (Å²) in [5.41, 5.74) is 3.93. The number of nitrogens with one attached hydrogen (secondary N) is 2. The van der Waals surface area contributed by atoms with E-state index < -0.39 is 6.04 Å². The molecule has 0 spiro atoms. The number of aromatic nitrogens is 4. The van der Waals surface area contributed by atoms with Crippen molar-refractivity contribution >= 4 is 34.4 Å². The maximum absolute atomic E-state index is 13.7. The quantitative estimate of drug-likeness (QED) is 0.648. The number of carbonyl (C=O) groups is 1. The van der Waals surface area contributed by atoms with Gasteiger partial charge in [0.05, 0.1) is 24.9 Å². The molecule has 0 aliphatic carbocycles. The average molecular weight is 436 g/mol. The van der Waals surface area contributed by atoms with Crippen molar-refractivity contribution in [1.82, 2.24) is 29.7 Å². The van der Waals surface area contributed by atoms with Gasteiger partial charge >= 0.3 is 0 Å². The number of hydrogen-bond donors (Lipinski definition) is 2. The number of carbonyl (C=O) groups excluding carboxylic acids is 1. The molecule has 158 valence electrons. The third-order valence-corrected chi connectivity index (χ3v) is 6.12. The lowest BCUT2D eigenvalue weighted by Crippen LogP contribution is -2.55. The summed E-state index contributed by atoms with van der Waals surface area (Å²) in [7, 11) is 0. The standard InChI is InChI=1S/C22H22ClN7O/c1-13-7-8-29-12-30(14(2)28-22-18-21(25-10-24-18)26-11-27-22)19(20(31)17(29)9-13)15-5-3-4-6-16(15)23/h3-7,9-11,14,19H,8,12H2,1-2H3,(H2,24,25,26,27,28). The summed E-state index contributed by atoms with van der Waals surface area (Å²) in [5.74, 6) is 0.672. The zero-order chi connectivity index (χ0) is 21.5. The summed E-state index contributed by atoms with van der Waals surface area (Å²) in [4.78, 5) is 33.7. The fourth-order valence-electron chi connectivity index (χ4n) is 4.17. The van der Waals surface area contributed by atoms with Gasteiger partial charge in [-0.2, -0.15) is 0 Å². The molecule has 0 radical (unpaired) electrons. The van der Waals surface area contributed by atoms with E-state index in [1.54, 1.807) is 6.33 Å². The highest BCUT2D eigenvalue weighted by molar-refractivity contribution is 6.31. The Bertz CT molecular complexity index is 1220. The zero-order valence-corrected chi connectivity index (χ0v) is 18.0. The van der Waals surface area contributed by atoms with Crippen LogP contribution in [0.2, 0.25) is 5.02 Å². The van der Waals surface area contributed by atoms with Crippen molar-refractivity contribution in [3.8, 4) is 0 Å². The van der Waals surface area contributed by atoms with Gasteiger partial charge in [0.2, 0.25) is 5.78 Å². The topological polar surface area (TPSA) is 90.0 Å². The van der Waals surface area contributed by atoms with E-state index in [1.165, 1.54) is 6.33 Å². The van der Waals surface area contributed by atoms with Crippen molar-refractivity contribution in [3.05, 3.63) is 70.9 Å². The van der Waals surface area contributed by atoms with Gasteiger partial charge in [-0.15, -0.1) is 0 Å². The molecule has 0 bridgehead atoms. The maximum atomic E-state index is 13.7. The molecule has 2 aromatic heterocycles. The predicted octanol–water partition coefficient (Wildman–Crippen LogP) is 3.49. The van der Waals surface area contributed by atoms with Crippen molar-refractivity contribution in [2.24, 2.45) is 0 Å². The highest BCUT2D eigenvalue weighted by atomic mass is 35.5. The minimum Gasteiger partial charge on any atom is -0.353 e. The number of fused-ring (bicyclic) bond motifs is 2. The molecule has 0 saturated carbocycles. The average Bonchev–Trinajstić information content (AvgIpc) is 3.25. The van der Waals surface area contributed by atoms with Gasteiger partial charge in [0.25, 0.3) is 0 Å². The summed E-state index contributed by atoms with van der Waals surface area (Å²) in [5, 5.41) is 4.01. The number of ketones is 1. The molecule has 2 aliphatic heterocycles. The molecular weight excluding hydrogens is 414 g/mol. The minimum atomic E-state index is -0.510. The molecule has 1 saturated heterocycles. The Morgan fingerprint density at radius 3 is 2.94 bits per heavy atom. The highest BCUT2D eigenvalue weighted by Gasteiger charge is 2.41. The van der Waals surface area contributed by atoms with Crippen LogP contribution in [0.4, 0.5) is 5.82 Å². The number of benzene rings is 1. The molecule has 3 aromatic rings. The summed E-state index contributed by atoms with van der Waals surface area (Å²) in [6, 6.07) is 7.02. The van der Waals surface area contributed by atoms with Crippen LogP contribution in [0.15, 0.2) is 60.3 Å². The Labute approximate surface area is 184 Å². The molecule has 4 heterocycles. The first kappa shape index (κ1) is 19.7. The molecule has 9 heteroatoms. The smallest absolute Gasteiger partial charge is 0.200 e. The normalized spacial score (nSPS) is 20.3. The number of halogens is 1. The Balaban J connectivity index is 1.53. The first-order valence-electron chi connectivity index (χ1n) is 10.1. The molecule has 5 rings (SSSR count). The maximum Gasteiger partial charge on any atom is 0.200 e. The fraction of sp³-hybridized carbons (Fsp3) is 0.273. The summed E-state index contributed by atoms with van der Waals surface area (Å²) >= 11 is 6.54. The summed E-state index contributed by atoms with van der Waals surface area (Å²) in [6.45, 7) is 5.30. The molecule has 0 amide bonds. The van der Waals surface area contributed by atoms with Crippen molar-refractivity contribution in [1.29, 1.82) is 0 Å². The van der Waals surface area contributed by atoms with E-state index in [1.807, 2.05) is 44.2 Å². The summed E-state index contributed by atoms with van der Waals surface area (Å²) < 4.78 is 0. The zero-order valence-electron chi connectivity index (χ0n) is 17.2. The fourth-order valence-corrected chi connectivity index (χ4v) is 4.41. The van der Waals surface area contributed by atoms with Crippen molar-refractivity contribution < 1.29 is 4.79 Å². The van der Waals surface area contributed by atoms with E-state index in [9.17, 15) is 4.79 Å². The second kappa shape index (κ2) is 7.79. The van der Waals surface area contributed by atoms with Gasteiger partial charge in [-0.3, -0.25) is 9.69 Å². The lowest BCUT2D eigenvalue weighted by molar-refractivity contribution is -0.128. The molecular formula is C22H22ClN7O. The lowest BCUT2D eigenvalue weighted by Gasteiger charge is -2.46. The van der Waals surface area contributed by atoms with Crippen LogP contribution in [0.1, 0.15) is 25.5 Å². The SMILES string of the molecule is CC1=CCN2CN(C(C)Nc3ncnc4nc[nH]c34)C(c3ccccc3Cl)C(=O)C2=C1. The van der Waals surface area contributed by atoms with E-state index in [4.69, 9.17) is 11.6 Å². The summed E-state index contributed by atoms with van der Waals surface area (Å²) in [6.07, 6.45) is 6.93. The third-order valence-electron chi connectivity index (χ3n) is 5.77. The van der Waals surface area contributed by atoms with E-state index in [0.29, 0.717) is 29.7 Å². The number of imidazole rings is 1. The van der Waals surface area contributed by atoms with Crippen LogP contribution in [-0.2, 0) is 4.79 Å². The number of allylic oxidation sites excluding steroid dienone is 2. The van der Waals surface area contributed by atoms with Crippen LogP contribution in [0.5, 0.6) is 0 Å². The van der Waals surface area contributed by atoms with Crippen molar-refractivity contribution in [2.75, 3.05) is 18.5 Å². The molecule has 2 aliphatic rings. The number of hydrogen-bond acceptors (Lipinski definition) is 7. The lowest BCUT2D eigenvalue weighted by atomic mass is 9.93. The second-order valence-corrected chi connectivity index (χ2v) is 8.19. The Morgan fingerprint density at radius 2 is 2.10 bits per heavy atom. The van der Waals surface area contributed by atoms with Crippen LogP contribution in [0, 0.1) is 0 Å². The molecule has 31 heavy (non-hydrogen) atoms. The highest BCUT2D eigenvalue weighted by Crippen LogP contribution is 2.37. The van der Waals surface area contributed by atoms with Gasteiger partial charge in [0.15, 0.2) is 11.5 Å². The van der Waals surface area contributed by atoms with Crippen molar-refractivity contribution in [3.63, 3.8) is 0 Å². The van der Waals surface area contributed by atoms with Crippen molar-refractivity contribution in [2.45, 2.75) is 26.1 Å². The Morgan fingerprint density at radius 1 is 1.26 bits per heavy atom. The predicted molar refractivity (Wildman–Crippen MR) is 119 cm³/mol. The van der Waals surface area contributed by atoms with Crippen LogP contribution < -0.4 is 5.32 Å². The van der Waals surface area contributed by atoms with Crippen LogP contribution in [-0.4, -0.2) is 54.9 Å². The monoisotopic (exact) mass is 435 g/mol. The number of aromatic amines is 1. The Hall–Kier alpha value is -3.23. The molecule has 2 N–H and O–H groups in total. The number of H-pyrrole nitrogens is 1. The second-order valence-electron chi connectivity index (χ2n) is 7.79. The van der Waals surface area contributed by atoms with Crippen LogP contribution >= 0.6 is 11.6 Å². The van der Waals surface area contributed by atoms with Gasteiger partial charge in [-0.05, 0) is 31.6 Å². The van der Waals surface area contributed by atoms with E-state index in [-0.39, 0.29) is 11.9 Å². The van der Waals surface area contributed by atoms with E-state index in [0.717, 1.165) is 22.4 Å². The molecule has 8 nitrogen and oxygen atoms in total. The molecule has 1 fully saturated rings. The van der Waals surface area contributed by atoms with Crippen LogP contribution in [0.3, 0.4) is 0 Å². The molecule has 2 atom stereocenters. The third kappa shape index (κ3) is 3.47. The number of Topliss-reactive ketones (excluding diaryl/α,β-unsaturated/α-hetero) is 1. The largest absolute Gasteiger partial charge is 0.353 e. The Kier molecular flexibility index (Phi) is 4.95. The van der Waals surface area contributed by atoms with Gasteiger partial charge in [0, 0.05) is 11.6 Å². The molecule has 2 unspecified atom stereocenters. The van der Waals surface area contributed by atoms with E-state index >= 15 is 0 Å². The van der Waals surface area contributed by atoms with Gasteiger partial charge in [-0.25, -0.2) is 15.0 Å².